The fraction of sp³-hybridized carbons (Fsp3) is 0.727. The third-order valence-corrected chi connectivity index (χ3v) is 0.834. The van der Waals surface area contributed by atoms with Crippen LogP contribution in [0.3, 0.4) is 0 Å². The Morgan fingerprint density at radius 1 is 1.15 bits per heavy atom. The second kappa shape index (κ2) is 11.2. The number of nitrogens with zero attached hydrogens (tertiary/aromatic N) is 2. The van der Waals surface area contributed by atoms with Gasteiger partial charge >= 0.3 is 0 Å². The molecule has 1 rings (SSSR count). The summed E-state index contributed by atoms with van der Waals surface area (Å²) < 4.78 is 1.93. The molecule has 0 saturated heterocycles. The quantitative estimate of drug-likeness (QED) is 0.603. The lowest BCUT2D eigenvalue weighted by Crippen LogP contribution is -1.76. The van der Waals surface area contributed by atoms with Crippen LogP contribution in [0.15, 0.2) is 12.5 Å². The lowest BCUT2D eigenvalue weighted by Gasteiger charge is -1.78. The van der Waals surface area contributed by atoms with Crippen molar-refractivity contribution in [2.24, 2.45) is 7.05 Å². The minimum Gasteiger partial charge on any atom is -0.340 e. The molecule has 2 heteroatoms. The van der Waals surface area contributed by atoms with Crippen LogP contribution in [0.2, 0.25) is 0 Å². The van der Waals surface area contributed by atoms with Crippen LogP contribution in [0.5, 0.6) is 0 Å². The van der Waals surface area contributed by atoms with Gasteiger partial charge in [0.25, 0.3) is 0 Å². The summed E-state index contributed by atoms with van der Waals surface area (Å²) in [5, 5.41) is 0. The summed E-state index contributed by atoms with van der Waals surface area (Å²) in [4.78, 5) is 3.98. The van der Waals surface area contributed by atoms with Crippen LogP contribution in [-0.4, -0.2) is 9.55 Å². The van der Waals surface area contributed by atoms with Gasteiger partial charge in [0.15, 0.2) is 0 Å². The summed E-state index contributed by atoms with van der Waals surface area (Å²) in [5.41, 5.74) is 1.07. The van der Waals surface area contributed by atoms with Gasteiger partial charge in [0.2, 0.25) is 0 Å². The highest BCUT2D eigenvalue weighted by molar-refractivity contribution is 4.90. The molecule has 0 saturated carbocycles. The highest BCUT2D eigenvalue weighted by Gasteiger charge is 1.81. The minimum absolute atomic E-state index is 1.07. The highest BCUT2D eigenvalue weighted by Crippen LogP contribution is 1.86. The van der Waals surface area contributed by atoms with Crippen molar-refractivity contribution in [2.45, 2.75) is 47.5 Å². The number of aromatic nitrogens is 2. The Morgan fingerprint density at radius 3 is 1.62 bits per heavy atom. The third kappa shape index (κ3) is 14.1. The zero-order chi connectivity index (χ0) is 10.7. The second-order valence-electron chi connectivity index (χ2n) is 3.09. The number of rotatable bonds is 0. The van der Waals surface area contributed by atoms with Gasteiger partial charge < -0.3 is 4.57 Å². The van der Waals surface area contributed by atoms with E-state index in [9.17, 15) is 0 Å². The van der Waals surface area contributed by atoms with E-state index < -0.39 is 0 Å². The topological polar surface area (TPSA) is 17.8 Å². The van der Waals surface area contributed by atoms with Crippen molar-refractivity contribution in [3.63, 3.8) is 0 Å². The molecule has 0 bridgehead atoms. The standard InChI is InChI=1S/C5H8N2.2C3H8/c1-5-3-7(2)4-6-5;2*1-3-2/h3-4H,1-2H3;2*3H2,1-2H3. The molecule has 0 aliphatic carbocycles. The smallest absolute Gasteiger partial charge is 0.0946 e. The molecule has 0 spiro atoms. The molecule has 0 aliphatic heterocycles. The predicted octanol–water partition coefficient (Wildman–Crippen LogP) is 3.56. The predicted molar refractivity (Wildman–Crippen MR) is 59.9 cm³/mol. The summed E-state index contributed by atoms with van der Waals surface area (Å²) in [5.74, 6) is 0. The van der Waals surface area contributed by atoms with E-state index in [1.165, 1.54) is 12.8 Å². The van der Waals surface area contributed by atoms with Crippen LogP contribution < -0.4 is 0 Å². The van der Waals surface area contributed by atoms with Gasteiger partial charge in [0.05, 0.1) is 12.0 Å². The summed E-state index contributed by atoms with van der Waals surface area (Å²) in [7, 11) is 1.96. The molecule has 2 nitrogen and oxygen atoms in total. The third-order valence-electron chi connectivity index (χ3n) is 0.834. The zero-order valence-corrected chi connectivity index (χ0v) is 9.96. The van der Waals surface area contributed by atoms with Crippen molar-refractivity contribution in [2.75, 3.05) is 0 Å². The first-order valence-electron chi connectivity index (χ1n) is 5.06. The SMILES string of the molecule is CCC.CCC.Cc1cn(C)cn1. The largest absolute Gasteiger partial charge is 0.340 e. The summed E-state index contributed by atoms with van der Waals surface area (Å²) >= 11 is 0. The Morgan fingerprint density at radius 2 is 1.54 bits per heavy atom. The monoisotopic (exact) mass is 184 g/mol. The van der Waals surface area contributed by atoms with E-state index in [1.807, 2.05) is 24.7 Å². The van der Waals surface area contributed by atoms with Crippen LogP contribution in [0, 0.1) is 6.92 Å². The summed E-state index contributed by atoms with van der Waals surface area (Å²) in [6.07, 6.45) is 6.26. The number of hydrogen-bond donors (Lipinski definition) is 0. The van der Waals surface area contributed by atoms with Crippen LogP contribution in [0.1, 0.15) is 46.2 Å². The van der Waals surface area contributed by atoms with Crippen molar-refractivity contribution in [3.8, 4) is 0 Å². The first-order chi connectivity index (χ1) is 6.12. The van der Waals surface area contributed by atoms with Gasteiger partial charge in [0, 0.05) is 13.2 Å². The first-order valence-corrected chi connectivity index (χ1v) is 5.06. The maximum Gasteiger partial charge on any atom is 0.0946 e. The van der Waals surface area contributed by atoms with Crippen LogP contribution in [0.4, 0.5) is 0 Å². The average Bonchev–Trinajstić information content (AvgIpc) is 2.38. The highest BCUT2D eigenvalue weighted by atomic mass is 15.0. The van der Waals surface area contributed by atoms with E-state index in [-0.39, 0.29) is 0 Å². The lowest BCUT2D eigenvalue weighted by molar-refractivity contribution is 0.913. The molecule has 78 valence electrons. The maximum atomic E-state index is 3.98. The van der Waals surface area contributed by atoms with E-state index in [4.69, 9.17) is 0 Å². The fourth-order valence-corrected chi connectivity index (χ4v) is 0.544. The average molecular weight is 184 g/mol. The normalized spacial score (nSPS) is 7.85. The van der Waals surface area contributed by atoms with E-state index in [0.717, 1.165) is 5.69 Å². The molecule has 0 aromatic carbocycles. The van der Waals surface area contributed by atoms with Crippen molar-refractivity contribution in [1.29, 1.82) is 0 Å². The molecule has 1 aromatic heterocycles. The van der Waals surface area contributed by atoms with Gasteiger partial charge in [-0.3, -0.25) is 0 Å². The first kappa shape index (κ1) is 14.7. The van der Waals surface area contributed by atoms with Crippen LogP contribution in [0.25, 0.3) is 0 Å². The van der Waals surface area contributed by atoms with Crippen LogP contribution in [-0.2, 0) is 7.05 Å². The maximum absolute atomic E-state index is 3.98. The van der Waals surface area contributed by atoms with Crippen molar-refractivity contribution >= 4 is 0 Å². The molecular weight excluding hydrogens is 160 g/mol. The van der Waals surface area contributed by atoms with Gasteiger partial charge in [-0.05, 0) is 6.92 Å². The number of hydrogen-bond acceptors (Lipinski definition) is 1. The van der Waals surface area contributed by atoms with Gasteiger partial charge in [-0.15, -0.1) is 0 Å². The molecule has 0 N–H and O–H groups in total. The molecule has 0 atom stereocenters. The van der Waals surface area contributed by atoms with E-state index >= 15 is 0 Å². The van der Waals surface area contributed by atoms with Crippen molar-refractivity contribution in [1.82, 2.24) is 9.55 Å². The van der Waals surface area contributed by atoms with Crippen molar-refractivity contribution < 1.29 is 0 Å². The number of imidazole rings is 1. The van der Waals surface area contributed by atoms with Gasteiger partial charge in [-0.1, -0.05) is 40.5 Å². The Labute approximate surface area is 83.0 Å². The van der Waals surface area contributed by atoms with Crippen LogP contribution >= 0.6 is 0 Å². The molecule has 1 heterocycles. The minimum atomic E-state index is 1.07. The molecule has 0 aliphatic rings. The van der Waals surface area contributed by atoms with Gasteiger partial charge in [-0.25, -0.2) is 4.98 Å². The summed E-state index contributed by atoms with van der Waals surface area (Å²) in [6, 6.07) is 0. The molecule has 0 radical (unpaired) electrons. The van der Waals surface area contributed by atoms with E-state index in [2.05, 4.69) is 32.7 Å². The molecule has 1 aromatic rings. The second-order valence-corrected chi connectivity index (χ2v) is 3.09. The Hall–Kier alpha value is -0.790. The molecule has 0 amide bonds. The summed E-state index contributed by atoms with van der Waals surface area (Å²) in [6.45, 7) is 10.5. The van der Waals surface area contributed by atoms with E-state index in [1.54, 1.807) is 6.33 Å². The Kier molecular flexibility index (Phi) is 12.7. The molecule has 0 unspecified atom stereocenters. The molecule has 0 fully saturated rings. The Balaban J connectivity index is 0. The van der Waals surface area contributed by atoms with Crippen molar-refractivity contribution in [3.05, 3.63) is 18.2 Å². The molecule has 13 heavy (non-hydrogen) atoms. The van der Waals surface area contributed by atoms with Gasteiger partial charge in [0.1, 0.15) is 0 Å². The van der Waals surface area contributed by atoms with Gasteiger partial charge in [-0.2, -0.15) is 0 Å². The van der Waals surface area contributed by atoms with E-state index in [0.29, 0.717) is 0 Å². The molecular formula is C11H24N2. The number of aryl methyl sites for hydroxylation is 2. The zero-order valence-electron chi connectivity index (χ0n) is 9.96. The lowest BCUT2D eigenvalue weighted by atomic mass is 10.6. The fourth-order valence-electron chi connectivity index (χ4n) is 0.544. The Bertz CT molecular complexity index is 161.